The van der Waals surface area contributed by atoms with Gasteiger partial charge in [-0.2, -0.15) is 0 Å². The second-order valence-electron chi connectivity index (χ2n) is 9.61. The van der Waals surface area contributed by atoms with E-state index in [0.29, 0.717) is 7.92 Å². The molecular weight excluding hydrogens is 506 g/mol. The monoisotopic (exact) mass is 559 g/mol. The fourth-order valence-electron chi connectivity index (χ4n) is 4.15. The summed E-state index contributed by atoms with van der Waals surface area (Å²) in [6.07, 6.45) is 19.4. The van der Waals surface area contributed by atoms with E-state index in [2.05, 4.69) is 58.4 Å². The maximum atomic E-state index is 9.31. The normalized spacial score (nSPS) is 16.0. The van der Waals surface area contributed by atoms with Crippen LogP contribution in [-0.2, 0) is 26.1 Å². The number of carbonyl (C=O) groups is 2. The summed E-state index contributed by atoms with van der Waals surface area (Å²) < 4.78 is 0. The molecule has 1 radical (unpaired) electrons. The molecule has 2 aliphatic carbocycles. The largest absolute Gasteiger partial charge is 3.00 e. The van der Waals surface area contributed by atoms with Crippen molar-refractivity contribution in [3.8, 4) is 0 Å². The minimum Gasteiger partial charge on any atom is -0.483 e. The zero-order valence-electron chi connectivity index (χ0n) is 23.1. The number of hydrogen-bond donors (Lipinski definition) is 2. The van der Waals surface area contributed by atoms with E-state index in [1.165, 1.54) is 30.6 Å². The van der Waals surface area contributed by atoms with Crippen molar-refractivity contribution in [2.24, 2.45) is 0 Å². The molecule has 0 spiro atoms. The van der Waals surface area contributed by atoms with Crippen molar-refractivity contribution in [1.29, 1.82) is 0 Å². The van der Waals surface area contributed by atoms with E-state index >= 15 is 0 Å². The van der Waals surface area contributed by atoms with Crippen LogP contribution in [0.15, 0.2) is 12.7 Å². The summed E-state index contributed by atoms with van der Waals surface area (Å²) >= 11 is 0. The van der Waals surface area contributed by atoms with E-state index in [4.69, 9.17) is 10.2 Å². The molecule has 0 unspecified atom stereocenters. The van der Waals surface area contributed by atoms with Gasteiger partial charge in [-0.1, -0.05) is 64.9 Å². The Bertz CT molecular complexity index is 483. The number of nitrogens with zero attached hydrogens (tertiary/aromatic N) is 2. The molecule has 0 aromatic carbocycles. The van der Waals surface area contributed by atoms with Crippen molar-refractivity contribution in [1.82, 2.24) is 9.80 Å². The van der Waals surface area contributed by atoms with Crippen molar-refractivity contribution >= 4 is 19.9 Å². The third kappa shape index (κ3) is 26.4. The summed E-state index contributed by atoms with van der Waals surface area (Å²) in [6.45, 7) is 10.7. The van der Waals surface area contributed by atoms with Crippen LogP contribution in [-0.4, -0.2) is 90.7 Å². The number of carboxylic acid groups (broad SMARTS) is 2. The van der Waals surface area contributed by atoms with Crippen molar-refractivity contribution < 1.29 is 36.3 Å². The Morgan fingerprint density at radius 1 is 0.886 bits per heavy atom. The Kier molecular flexibility index (Phi) is 29.7. The first kappa shape index (κ1) is 39.0. The summed E-state index contributed by atoms with van der Waals surface area (Å²) in [5.41, 5.74) is 2.35. The molecule has 0 saturated heterocycles. The number of likely N-dealkylation sites (N-methyl/N-ethyl adjacent to an activating group) is 2. The van der Waals surface area contributed by atoms with Gasteiger partial charge in [-0.3, -0.25) is 4.79 Å². The van der Waals surface area contributed by atoms with E-state index in [1.54, 1.807) is 57.5 Å². The molecule has 0 bridgehead atoms. The van der Waals surface area contributed by atoms with Gasteiger partial charge in [0.1, 0.15) is 0 Å². The maximum Gasteiger partial charge on any atom is 3.00 e. The molecule has 0 amide bonds. The summed E-state index contributed by atoms with van der Waals surface area (Å²) in [6, 6.07) is 0. The summed E-state index contributed by atoms with van der Waals surface area (Å²) in [5.74, 6) is -1.84. The Morgan fingerprint density at radius 3 is 1.40 bits per heavy atom. The van der Waals surface area contributed by atoms with Crippen LogP contribution in [0.1, 0.15) is 84.0 Å². The van der Waals surface area contributed by atoms with Gasteiger partial charge in [-0.05, 0) is 71.4 Å². The van der Waals surface area contributed by atoms with E-state index in [-0.39, 0.29) is 22.9 Å². The molecule has 2 aliphatic rings. The average Bonchev–Trinajstić information content (AvgIpc) is 2.83. The molecule has 2 fully saturated rings. The van der Waals surface area contributed by atoms with E-state index < -0.39 is 11.9 Å². The van der Waals surface area contributed by atoms with Gasteiger partial charge in [0.25, 0.3) is 5.97 Å². The van der Waals surface area contributed by atoms with E-state index in [1.807, 2.05) is 0 Å². The Morgan fingerprint density at radius 2 is 1.20 bits per heavy atom. The molecule has 6 nitrogen and oxygen atoms in total. The molecule has 0 aromatic heterocycles. The molecule has 0 atom stereocenters. The van der Waals surface area contributed by atoms with Gasteiger partial charge in [0.05, 0.1) is 0 Å². The second kappa shape index (κ2) is 26.6. The van der Waals surface area contributed by atoms with Crippen molar-refractivity contribution in [3.05, 3.63) is 19.6 Å². The molecule has 35 heavy (non-hydrogen) atoms. The Labute approximate surface area is 228 Å². The van der Waals surface area contributed by atoms with Crippen molar-refractivity contribution in [2.45, 2.75) is 95.3 Å². The number of carboxylic acids is 2. The first-order chi connectivity index (χ1) is 16.1. The van der Waals surface area contributed by atoms with Crippen LogP contribution >= 0.6 is 7.92 Å². The quantitative estimate of drug-likeness (QED) is 0.151. The molecule has 8 heteroatoms. The third-order valence-corrected chi connectivity index (χ3v) is 9.82. The molecule has 2 rings (SSSR count). The van der Waals surface area contributed by atoms with Crippen LogP contribution in [0.3, 0.4) is 0 Å². The second-order valence-corrected chi connectivity index (χ2v) is 12.6. The average molecular weight is 560 g/mol. The van der Waals surface area contributed by atoms with Crippen LogP contribution in [0.4, 0.5) is 0 Å². The first-order valence-corrected chi connectivity index (χ1v) is 14.7. The summed E-state index contributed by atoms with van der Waals surface area (Å²) in [5, 5.41) is 15.3. The van der Waals surface area contributed by atoms with Crippen LogP contribution in [0.25, 0.3) is 0 Å². The zero-order valence-corrected chi connectivity index (χ0v) is 25.0. The van der Waals surface area contributed by atoms with Gasteiger partial charge in [0.2, 0.25) is 0 Å². The molecule has 0 heterocycles. The third-order valence-electron chi connectivity index (χ3n) is 5.95. The topological polar surface area (TPSA) is 81.1 Å². The Balaban J connectivity index is -0.000000455. The van der Waals surface area contributed by atoms with Gasteiger partial charge in [-0.25, -0.2) is 4.79 Å². The minimum atomic E-state index is -0.981. The predicted molar refractivity (Wildman–Crippen MR) is 148 cm³/mol. The van der Waals surface area contributed by atoms with Crippen LogP contribution in [0.2, 0.25) is 0 Å². The van der Waals surface area contributed by atoms with E-state index in [9.17, 15) is 9.59 Å². The minimum absolute atomic E-state index is 0. The molecule has 209 valence electrons. The smallest absolute Gasteiger partial charge is 0.483 e. The summed E-state index contributed by atoms with van der Waals surface area (Å²) in [4.78, 5) is 22.9. The predicted octanol–water partition coefficient (Wildman–Crippen LogP) is 6.20. The van der Waals surface area contributed by atoms with Crippen LogP contribution in [0.5, 0.6) is 0 Å². The first-order valence-electron chi connectivity index (χ1n) is 13.0. The van der Waals surface area contributed by atoms with Gasteiger partial charge in [0.15, 0.2) is 0 Å². The molecule has 0 aromatic rings. The Hall–Kier alpha value is -0.476. The maximum absolute atomic E-state index is 9.31. The van der Waals surface area contributed by atoms with Gasteiger partial charge in [0, 0.05) is 19.2 Å². The molecule has 2 N–H and O–H groups in total. The van der Waals surface area contributed by atoms with Gasteiger partial charge >= 0.3 is 22.5 Å². The standard InChI is InChI=1S/C15H29P.C6H16N2.C3H5O2.C3H4O2.Ni/c1-2-13-16(14-9-5-3-6-10-14)15-11-7-4-8-12-15;1-7(2)5-6-8(3)4;2*1-2-3(4)5;/h14-15H,2-13H2,1H3;5-6H2,1-4H3;1-2H2,(H,4,5);2H,1H2,(H,4,5);/q;;-1;;+3. The van der Waals surface area contributed by atoms with Crippen LogP contribution in [0, 0.1) is 6.92 Å². The molecular formula is C27H54N2NiO4P+2. The van der Waals surface area contributed by atoms with E-state index in [0.717, 1.165) is 19.2 Å². The fraction of sp³-hybridized carbons (Fsp3) is 0.815. The molecule has 0 aliphatic heterocycles. The van der Waals surface area contributed by atoms with Crippen molar-refractivity contribution in [2.75, 3.05) is 47.4 Å². The van der Waals surface area contributed by atoms with Gasteiger partial charge < -0.3 is 26.9 Å². The fourth-order valence-corrected chi connectivity index (χ4v) is 8.05. The summed E-state index contributed by atoms with van der Waals surface area (Å²) in [7, 11) is 8.75. The number of rotatable bonds is 9. The van der Waals surface area contributed by atoms with Crippen LogP contribution < -0.4 is 0 Å². The molecule has 2 saturated carbocycles. The number of hydrogen-bond acceptors (Lipinski definition) is 4. The number of aliphatic carboxylic acids is 2. The SMILES string of the molecule is C=CC(=O)O.CCCP(C1CCCCC1)C1CCCCC1.CN(C)CCN(C)C.[CH2-]CC(=O)O.[Ni+3]. The van der Waals surface area contributed by atoms with Crippen molar-refractivity contribution in [3.63, 3.8) is 0 Å². The zero-order chi connectivity index (χ0) is 26.4. The van der Waals surface area contributed by atoms with Gasteiger partial charge in [-0.15, -0.1) is 7.92 Å².